The largest absolute Gasteiger partial charge is 0.469 e. The third-order valence-corrected chi connectivity index (χ3v) is 3.13. The smallest absolute Gasteiger partial charge is 0.307 e. The van der Waals surface area contributed by atoms with E-state index in [-0.39, 0.29) is 18.3 Å². The van der Waals surface area contributed by atoms with Crippen LogP contribution in [0.4, 0.5) is 0 Å². The highest BCUT2D eigenvalue weighted by Crippen LogP contribution is 2.19. The van der Waals surface area contributed by atoms with Gasteiger partial charge in [-0.15, -0.1) is 0 Å². The molecular formula is C13H16ClNO3. The van der Waals surface area contributed by atoms with Crippen molar-refractivity contribution in [3.63, 3.8) is 0 Å². The summed E-state index contributed by atoms with van der Waals surface area (Å²) >= 11 is 5.97. The number of carbonyl (C=O) groups is 2. The van der Waals surface area contributed by atoms with Crippen LogP contribution in [-0.4, -0.2) is 37.5 Å². The number of methoxy groups -OCH3 is 1. The third-order valence-electron chi connectivity index (χ3n) is 2.72. The van der Waals surface area contributed by atoms with Crippen molar-refractivity contribution in [2.75, 3.05) is 20.7 Å². The summed E-state index contributed by atoms with van der Waals surface area (Å²) in [5, 5.41) is 0.558. The third kappa shape index (κ3) is 3.47. The molecule has 0 heterocycles. The van der Waals surface area contributed by atoms with Crippen molar-refractivity contribution < 1.29 is 14.3 Å². The van der Waals surface area contributed by atoms with Gasteiger partial charge in [0.2, 0.25) is 0 Å². The van der Waals surface area contributed by atoms with E-state index < -0.39 is 0 Å². The van der Waals surface area contributed by atoms with Crippen LogP contribution >= 0.6 is 11.6 Å². The highest BCUT2D eigenvalue weighted by molar-refractivity contribution is 6.31. The van der Waals surface area contributed by atoms with Crippen LogP contribution in [0.3, 0.4) is 0 Å². The molecule has 1 rings (SSSR count). The van der Waals surface area contributed by atoms with Gasteiger partial charge in [0.15, 0.2) is 0 Å². The number of esters is 1. The van der Waals surface area contributed by atoms with Gasteiger partial charge >= 0.3 is 5.97 Å². The number of nitrogens with zero attached hydrogens (tertiary/aromatic N) is 1. The van der Waals surface area contributed by atoms with Gasteiger partial charge < -0.3 is 9.64 Å². The lowest BCUT2D eigenvalue weighted by Gasteiger charge is -2.18. The zero-order valence-corrected chi connectivity index (χ0v) is 11.5. The second kappa shape index (κ2) is 6.40. The molecule has 0 aliphatic rings. The average molecular weight is 270 g/mol. The van der Waals surface area contributed by atoms with Gasteiger partial charge in [0.25, 0.3) is 5.91 Å². The molecule has 0 spiro atoms. The molecule has 0 fully saturated rings. The zero-order chi connectivity index (χ0) is 13.7. The molecular weight excluding hydrogens is 254 g/mol. The summed E-state index contributed by atoms with van der Waals surface area (Å²) in [5.41, 5.74) is 1.30. The van der Waals surface area contributed by atoms with Crippen LogP contribution in [0.1, 0.15) is 22.3 Å². The van der Waals surface area contributed by atoms with E-state index >= 15 is 0 Å². The molecule has 18 heavy (non-hydrogen) atoms. The van der Waals surface area contributed by atoms with Crippen LogP contribution < -0.4 is 0 Å². The van der Waals surface area contributed by atoms with Gasteiger partial charge in [0, 0.05) is 24.2 Å². The molecule has 0 aliphatic heterocycles. The number of halogens is 1. The first-order valence-electron chi connectivity index (χ1n) is 5.54. The van der Waals surface area contributed by atoms with Gasteiger partial charge in [-0.05, 0) is 24.6 Å². The fraction of sp³-hybridized carbons (Fsp3) is 0.385. The molecule has 1 amide bonds. The van der Waals surface area contributed by atoms with Crippen LogP contribution in [0.15, 0.2) is 18.2 Å². The zero-order valence-electron chi connectivity index (χ0n) is 10.7. The fourth-order valence-electron chi connectivity index (χ4n) is 1.51. The lowest BCUT2D eigenvalue weighted by atomic mass is 10.1. The van der Waals surface area contributed by atoms with Crippen LogP contribution in [0.25, 0.3) is 0 Å². The first-order chi connectivity index (χ1) is 8.47. The standard InChI is InChI=1S/C13H16ClNO3/c1-9-10(5-4-6-11(9)14)13(17)15(2)8-7-12(16)18-3/h4-6H,7-8H2,1-3H3. The first-order valence-corrected chi connectivity index (χ1v) is 5.92. The second-order valence-electron chi connectivity index (χ2n) is 3.97. The number of hydrogen-bond donors (Lipinski definition) is 0. The molecule has 98 valence electrons. The molecule has 0 unspecified atom stereocenters. The Morgan fingerprint density at radius 1 is 1.39 bits per heavy atom. The van der Waals surface area contributed by atoms with E-state index in [9.17, 15) is 9.59 Å². The highest BCUT2D eigenvalue weighted by atomic mass is 35.5. The first kappa shape index (κ1) is 14.5. The summed E-state index contributed by atoms with van der Waals surface area (Å²) in [7, 11) is 2.97. The minimum atomic E-state index is -0.336. The van der Waals surface area contributed by atoms with Crippen LogP contribution in [-0.2, 0) is 9.53 Å². The van der Waals surface area contributed by atoms with Gasteiger partial charge in [-0.25, -0.2) is 0 Å². The number of hydrogen-bond acceptors (Lipinski definition) is 3. The van der Waals surface area contributed by atoms with Crippen LogP contribution in [0.2, 0.25) is 5.02 Å². The van der Waals surface area contributed by atoms with E-state index in [0.29, 0.717) is 17.1 Å². The predicted molar refractivity (Wildman–Crippen MR) is 69.8 cm³/mol. The Hall–Kier alpha value is -1.55. The average Bonchev–Trinajstić information content (AvgIpc) is 2.37. The Labute approximate surface area is 111 Å². The van der Waals surface area contributed by atoms with Gasteiger partial charge in [0.1, 0.15) is 0 Å². The maximum absolute atomic E-state index is 12.1. The van der Waals surface area contributed by atoms with Crippen molar-refractivity contribution in [1.29, 1.82) is 0 Å². The van der Waals surface area contributed by atoms with E-state index in [1.54, 1.807) is 32.2 Å². The summed E-state index contributed by atoms with van der Waals surface area (Å²) in [6.45, 7) is 2.11. The van der Waals surface area contributed by atoms with Crippen molar-refractivity contribution in [1.82, 2.24) is 4.90 Å². The lowest BCUT2D eigenvalue weighted by Crippen LogP contribution is -2.29. The SMILES string of the molecule is COC(=O)CCN(C)C(=O)c1cccc(Cl)c1C. The van der Waals surface area contributed by atoms with Crippen LogP contribution in [0, 0.1) is 6.92 Å². The van der Waals surface area contributed by atoms with Crippen LogP contribution in [0.5, 0.6) is 0 Å². The van der Waals surface area contributed by atoms with Crippen molar-refractivity contribution in [3.8, 4) is 0 Å². The summed E-state index contributed by atoms with van der Waals surface area (Å²) in [6.07, 6.45) is 0.179. The quantitative estimate of drug-likeness (QED) is 0.788. The normalized spacial score (nSPS) is 10.0. The Balaban J connectivity index is 2.74. The molecule has 1 aromatic rings. The molecule has 1 aromatic carbocycles. The van der Waals surface area contributed by atoms with Gasteiger partial charge in [-0.2, -0.15) is 0 Å². The molecule has 0 N–H and O–H groups in total. The Bertz CT molecular complexity index is 460. The molecule has 0 aromatic heterocycles. The van der Waals surface area contributed by atoms with Gasteiger partial charge in [0.05, 0.1) is 13.5 Å². The van der Waals surface area contributed by atoms with Crippen molar-refractivity contribution >= 4 is 23.5 Å². The topological polar surface area (TPSA) is 46.6 Å². The summed E-state index contributed by atoms with van der Waals surface area (Å²) in [6, 6.07) is 5.19. The molecule has 0 bridgehead atoms. The molecule has 0 radical (unpaired) electrons. The van der Waals surface area contributed by atoms with E-state index in [1.807, 2.05) is 0 Å². The monoisotopic (exact) mass is 269 g/mol. The Kier molecular flexibility index (Phi) is 5.16. The van der Waals surface area contributed by atoms with Crippen molar-refractivity contribution in [2.45, 2.75) is 13.3 Å². The minimum Gasteiger partial charge on any atom is -0.469 e. The molecule has 0 atom stereocenters. The Morgan fingerprint density at radius 2 is 2.06 bits per heavy atom. The molecule has 0 saturated carbocycles. The van der Waals surface area contributed by atoms with Crippen molar-refractivity contribution in [2.24, 2.45) is 0 Å². The van der Waals surface area contributed by atoms with E-state index in [1.165, 1.54) is 12.0 Å². The van der Waals surface area contributed by atoms with E-state index in [0.717, 1.165) is 5.56 Å². The predicted octanol–water partition coefficient (Wildman–Crippen LogP) is 2.28. The van der Waals surface area contributed by atoms with E-state index in [4.69, 9.17) is 11.6 Å². The number of rotatable bonds is 4. The van der Waals surface area contributed by atoms with E-state index in [2.05, 4.69) is 4.74 Å². The maximum Gasteiger partial charge on any atom is 0.307 e. The fourth-order valence-corrected chi connectivity index (χ4v) is 1.68. The number of ether oxygens (including phenoxy) is 1. The second-order valence-corrected chi connectivity index (χ2v) is 4.37. The minimum absolute atomic E-state index is 0.154. The molecule has 4 nitrogen and oxygen atoms in total. The summed E-state index contributed by atoms with van der Waals surface area (Å²) in [5.74, 6) is -0.489. The lowest BCUT2D eigenvalue weighted by molar-refractivity contribution is -0.140. The van der Waals surface area contributed by atoms with Gasteiger partial charge in [-0.3, -0.25) is 9.59 Å². The molecule has 0 saturated heterocycles. The number of carbonyl (C=O) groups excluding carboxylic acids is 2. The molecule has 0 aliphatic carbocycles. The number of benzene rings is 1. The summed E-state index contributed by atoms with van der Waals surface area (Å²) < 4.78 is 4.53. The van der Waals surface area contributed by atoms with Crippen molar-refractivity contribution in [3.05, 3.63) is 34.3 Å². The van der Waals surface area contributed by atoms with Gasteiger partial charge in [-0.1, -0.05) is 17.7 Å². The maximum atomic E-state index is 12.1. The number of amides is 1. The molecule has 5 heteroatoms. The summed E-state index contributed by atoms with van der Waals surface area (Å²) in [4.78, 5) is 24.6. The Morgan fingerprint density at radius 3 is 2.67 bits per heavy atom. The highest BCUT2D eigenvalue weighted by Gasteiger charge is 2.16.